The highest BCUT2D eigenvalue weighted by Crippen LogP contribution is 2.03. The van der Waals surface area contributed by atoms with Crippen molar-refractivity contribution < 1.29 is 19.1 Å². The van der Waals surface area contributed by atoms with Gasteiger partial charge < -0.3 is 14.8 Å². The first-order valence-corrected chi connectivity index (χ1v) is 7.13. The Morgan fingerprint density at radius 2 is 2.00 bits per heavy atom. The fourth-order valence-electron chi connectivity index (χ4n) is 1.11. The van der Waals surface area contributed by atoms with Gasteiger partial charge in [0.1, 0.15) is 6.04 Å². The maximum absolute atomic E-state index is 11.6. The summed E-state index contributed by atoms with van der Waals surface area (Å²) in [6.07, 6.45) is 2.67. The summed E-state index contributed by atoms with van der Waals surface area (Å²) in [7, 11) is 0. The third-order valence-electron chi connectivity index (χ3n) is 1.91. The molecule has 0 saturated heterocycles. The van der Waals surface area contributed by atoms with E-state index in [1.54, 1.807) is 18.7 Å². The van der Waals surface area contributed by atoms with Gasteiger partial charge in [-0.05, 0) is 31.8 Å². The molecular formula is C11H21NO4S. The smallest absolute Gasteiger partial charge is 0.407 e. The SMILES string of the molecule is CCCOC(=O)N[C@@H](CCSC)C(=O)OCC. The van der Waals surface area contributed by atoms with Gasteiger partial charge in [0.2, 0.25) is 0 Å². The van der Waals surface area contributed by atoms with E-state index in [2.05, 4.69) is 5.32 Å². The molecule has 0 aromatic rings. The molecule has 0 spiro atoms. The highest BCUT2D eigenvalue weighted by molar-refractivity contribution is 7.98. The zero-order chi connectivity index (χ0) is 13.1. The Morgan fingerprint density at radius 1 is 1.29 bits per heavy atom. The van der Waals surface area contributed by atoms with Crippen molar-refractivity contribution >= 4 is 23.8 Å². The molecule has 6 heteroatoms. The number of hydrogen-bond donors (Lipinski definition) is 1. The van der Waals surface area contributed by atoms with Crippen molar-refractivity contribution in [2.75, 3.05) is 25.2 Å². The molecule has 0 aliphatic heterocycles. The van der Waals surface area contributed by atoms with Crippen LogP contribution in [-0.4, -0.2) is 43.3 Å². The summed E-state index contributed by atoms with van der Waals surface area (Å²) < 4.78 is 9.75. The molecule has 0 aliphatic rings. The lowest BCUT2D eigenvalue weighted by Crippen LogP contribution is -2.42. The van der Waals surface area contributed by atoms with Crippen molar-refractivity contribution in [1.29, 1.82) is 0 Å². The maximum Gasteiger partial charge on any atom is 0.407 e. The number of hydrogen-bond acceptors (Lipinski definition) is 5. The second-order valence-corrected chi connectivity index (χ2v) is 4.35. The number of carbonyl (C=O) groups is 2. The first kappa shape index (κ1) is 16.1. The van der Waals surface area contributed by atoms with Crippen LogP contribution in [0.5, 0.6) is 0 Å². The highest BCUT2D eigenvalue weighted by Gasteiger charge is 2.21. The van der Waals surface area contributed by atoms with Crippen molar-refractivity contribution in [3.05, 3.63) is 0 Å². The van der Waals surface area contributed by atoms with E-state index in [1.165, 1.54) is 0 Å². The lowest BCUT2D eigenvalue weighted by atomic mass is 10.2. The van der Waals surface area contributed by atoms with Crippen molar-refractivity contribution in [3.63, 3.8) is 0 Å². The molecule has 0 bridgehead atoms. The van der Waals surface area contributed by atoms with Crippen LogP contribution in [0.1, 0.15) is 26.7 Å². The lowest BCUT2D eigenvalue weighted by molar-refractivity contribution is -0.145. The van der Waals surface area contributed by atoms with Crippen LogP contribution in [-0.2, 0) is 14.3 Å². The van der Waals surface area contributed by atoms with Crippen LogP contribution in [0.15, 0.2) is 0 Å². The number of rotatable bonds is 8. The quantitative estimate of drug-likeness (QED) is 0.677. The van der Waals surface area contributed by atoms with Crippen LogP contribution < -0.4 is 5.32 Å². The van der Waals surface area contributed by atoms with Crippen LogP contribution >= 0.6 is 11.8 Å². The van der Waals surface area contributed by atoms with Crippen LogP contribution in [0.25, 0.3) is 0 Å². The third-order valence-corrected chi connectivity index (χ3v) is 2.56. The highest BCUT2D eigenvalue weighted by atomic mass is 32.2. The van der Waals surface area contributed by atoms with Gasteiger partial charge in [0, 0.05) is 0 Å². The van der Waals surface area contributed by atoms with E-state index in [1.807, 2.05) is 13.2 Å². The molecule has 1 atom stereocenters. The van der Waals surface area contributed by atoms with Crippen LogP contribution in [0, 0.1) is 0 Å². The third kappa shape index (κ3) is 7.90. The van der Waals surface area contributed by atoms with Gasteiger partial charge in [-0.2, -0.15) is 11.8 Å². The second kappa shape index (κ2) is 10.3. The Balaban J connectivity index is 4.16. The van der Waals surface area contributed by atoms with Crippen LogP contribution in [0.2, 0.25) is 0 Å². The molecule has 1 N–H and O–H groups in total. The Hall–Kier alpha value is -0.910. The fraction of sp³-hybridized carbons (Fsp3) is 0.818. The Labute approximate surface area is 107 Å². The van der Waals surface area contributed by atoms with E-state index in [9.17, 15) is 9.59 Å². The lowest BCUT2D eigenvalue weighted by Gasteiger charge is -2.16. The molecule has 17 heavy (non-hydrogen) atoms. The Kier molecular flexibility index (Phi) is 9.71. The Bertz CT molecular complexity index is 236. The summed E-state index contributed by atoms with van der Waals surface area (Å²) in [5.74, 6) is 0.368. The topological polar surface area (TPSA) is 64.6 Å². The fourth-order valence-corrected chi connectivity index (χ4v) is 1.58. The molecule has 0 aromatic heterocycles. The molecule has 0 radical (unpaired) electrons. The van der Waals surface area contributed by atoms with Crippen molar-refractivity contribution in [1.82, 2.24) is 5.32 Å². The predicted octanol–water partition coefficient (Wildman–Crippen LogP) is 1.81. The van der Waals surface area contributed by atoms with Gasteiger partial charge in [-0.25, -0.2) is 9.59 Å². The summed E-state index contributed by atoms with van der Waals surface area (Å²) in [6.45, 7) is 4.30. The Morgan fingerprint density at radius 3 is 2.53 bits per heavy atom. The summed E-state index contributed by atoms with van der Waals surface area (Å²) in [6, 6.07) is -0.619. The van der Waals surface area contributed by atoms with E-state index in [0.29, 0.717) is 19.6 Å². The van der Waals surface area contributed by atoms with Crippen molar-refractivity contribution in [3.8, 4) is 0 Å². The molecule has 0 rings (SSSR count). The van der Waals surface area contributed by atoms with E-state index >= 15 is 0 Å². The van der Waals surface area contributed by atoms with Gasteiger partial charge in [0.25, 0.3) is 0 Å². The van der Waals surface area contributed by atoms with Crippen LogP contribution in [0.3, 0.4) is 0 Å². The minimum absolute atomic E-state index is 0.306. The number of ether oxygens (including phenoxy) is 2. The molecule has 0 unspecified atom stereocenters. The first-order chi connectivity index (χ1) is 8.15. The molecule has 5 nitrogen and oxygen atoms in total. The molecule has 0 heterocycles. The second-order valence-electron chi connectivity index (χ2n) is 3.37. The van der Waals surface area contributed by atoms with Gasteiger partial charge in [-0.1, -0.05) is 6.92 Å². The minimum Gasteiger partial charge on any atom is -0.464 e. The van der Waals surface area contributed by atoms with E-state index in [-0.39, 0.29) is 0 Å². The maximum atomic E-state index is 11.6. The molecule has 0 fully saturated rings. The van der Waals surface area contributed by atoms with Gasteiger partial charge in [0.15, 0.2) is 0 Å². The minimum atomic E-state index is -0.619. The van der Waals surface area contributed by atoms with Crippen molar-refractivity contribution in [2.45, 2.75) is 32.7 Å². The number of carbonyl (C=O) groups excluding carboxylic acids is 2. The van der Waals surface area contributed by atoms with Crippen LogP contribution in [0.4, 0.5) is 4.79 Å². The molecule has 0 aromatic carbocycles. The number of nitrogens with one attached hydrogen (secondary N) is 1. The summed E-state index contributed by atoms with van der Waals surface area (Å²) in [5, 5.41) is 2.52. The average molecular weight is 263 g/mol. The van der Waals surface area contributed by atoms with Gasteiger partial charge in [0.05, 0.1) is 13.2 Å². The zero-order valence-electron chi connectivity index (χ0n) is 10.7. The standard InChI is InChI=1S/C11H21NO4S/c1-4-7-16-11(14)12-9(6-8-17-3)10(13)15-5-2/h9H,4-8H2,1-3H3,(H,12,14)/t9-/m0/s1. The zero-order valence-corrected chi connectivity index (χ0v) is 11.5. The molecule has 1 amide bonds. The predicted molar refractivity (Wildman–Crippen MR) is 68.2 cm³/mol. The van der Waals surface area contributed by atoms with Gasteiger partial charge >= 0.3 is 12.1 Å². The normalized spacial score (nSPS) is 11.7. The monoisotopic (exact) mass is 263 g/mol. The van der Waals surface area contributed by atoms with Gasteiger partial charge in [-0.15, -0.1) is 0 Å². The van der Waals surface area contributed by atoms with E-state index < -0.39 is 18.1 Å². The number of amides is 1. The summed E-state index contributed by atoms with van der Waals surface area (Å²) in [5.41, 5.74) is 0. The molecule has 0 aliphatic carbocycles. The molecular weight excluding hydrogens is 242 g/mol. The largest absolute Gasteiger partial charge is 0.464 e. The summed E-state index contributed by atoms with van der Waals surface area (Å²) >= 11 is 1.61. The molecule has 0 saturated carbocycles. The van der Waals surface area contributed by atoms with E-state index in [0.717, 1.165) is 12.2 Å². The number of thioether (sulfide) groups is 1. The first-order valence-electron chi connectivity index (χ1n) is 5.74. The number of alkyl carbamates (subject to hydrolysis) is 1. The summed E-state index contributed by atoms with van der Waals surface area (Å²) in [4.78, 5) is 22.9. The average Bonchev–Trinajstić information content (AvgIpc) is 2.32. The van der Waals surface area contributed by atoms with E-state index in [4.69, 9.17) is 9.47 Å². The van der Waals surface area contributed by atoms with Gasteiger partial charge in [-0.3, -0.25) is 0 Å². The number of esters is 1. The van der Waals surface area contributed by atoms with Crippen molar-refractivity contribution in [2.24, 2.45) is 0 Å². The molecule has 100 valence electrons.